The van der Waals surface area contributed by atoms with Crippen LogP contribution in [0, 0.1) is 5.82 Å². The van der Waals surface area contributed by atoms with Crippen molar-refractivity contribution in [3.8, 4) is 17.0 Å². The maximum atomic E-state index is 13.7. The summed E-state index contributed by atoms with van der Waals surface area (Å²) in [4.78, 5) is 46.4. The summed E-state index contributed by atoms with van der Waals surface area (Å²) in [6.07, 6.45) is 0.617. The van der Waals surface area contributed by atoms with E-state index in [1.165, 1.54) is 44.3 Å². The van der Waals surface area contributed by atoms with Crippen LogP contribution in [0.15, 0.2) is 60.8 Å². The van der Waals surface area contributed by atoms with Gasteiger partial charge in [0.25, 0.3) is 5.91 Å². The van der Waals surface area contributed by atoms with E-state index < -0.39 is 28.8 Å². The second-order valence-electron chi connectivity index (χ2n) is 10.7. The molecule has 5 N–H and O–H groups in total. The maximum Gasteiger partial charge on any atom is 0.404 e. The average molecular weight is 588 g/mol. The highest BCUT2D eigenvalue weighted by Crippen LogP contribution is 2.45. The maximum absolute atomic E-state index is 13.7. The molecule has 222 valence electrons. The summed E-state index contributed by atoms with van der Waals surface area (Å²) >= 11 is 0. The number of aliphatic hydroxyl groups is 1. The Morgan fingerprint density at radius 2 is 1.93 bits per heavy atom. The fourth-order valence-corrected chi connectivity index (χ4v) is 5.03. The minimum absolute atomic E-state index is 0.0405. The standard InChI is InChI=1S/C31H30FN5O6/c1-30(28(39)34-3)16-43-26-22(30)13-23(37-25(26)17-6-8-21(32)9-7-17)31(2,41)15-36-27(38)19-11-18-5-4-10-35-24(18)20(12-19)14-42-29(33)40/h4-13,41H,14-16H2,1-3H3,(H2,33,40)(H,34,39)(H,36,38)/t30-,31-/m0/s1. The SMILES string of the molecule is CNC(=O)[C@@]1(C)COc2c1cc([C@@](C)(O)CNC(=O)c1cc(COC(N)=O)c3ncccc3c1)nc2-c1ccc(F)cc1. The molecule has 1 aliphatic heterocycles. The van der Waals surface area contributed by atoms with Gasteiger partial charge < -0.3 is 30.9 Å². The molecule has 3 amide bonds. The lowest BCUT2D eigenvalue weighted by molar-refractivity contribution is -0.126. The summed E-state index contributed by atoms with van der Waals surface area (Å²) < 4.78 is 24.6. The van der Waals surface area contributed by atoms with Gasteiger partial charge in [-0.15, -0.1) is 0 Å². The van der Waals surface area contributed by atoms with Crippen LogP contribution >= 0.6 is 0 Å². The van der Waals surface area contributed by atoms with E-state index in [1.54, 1.807) is 37.4 Å². The Balaban J connectivity index is 1.48. The number of likely N-dealkylation sites (N-methyl/N-ethyl adjacent to an activating group) is 1. The highest BCUT2D eigenvalue weighted by atomic mass is 19.1. The molecule has 0 unspecified atom stereocenters. The number of halogens is 1. The monoisotopic (exact) mass is 587 g/mol. The average Bonchev–Trinajstić information content (AvgIpc) is 3.35. The van der Waals surface area contributed by atoms with Crippen LogP contribution < -0.4 is 21.1 Å². The van der Waals surface area contributed by atoms with Crippen LogP contribution in [0.3, 0.4) is 0 Å². The van der Waals surface area contributed by atoms with Gasteiger partial charge in [0.15, 0.2) is 0 Å². The summed E-state index contributed by atoms with van der Waals surface area (Å²) in [6.45, 7) is 2.81. The second-order valence-corrected chi connectivity index (χ2v) is 10.7. The van der Waals surface area contributed by atoms with Crippen LogP contribution in [0.5, 0.6) is 5.75 Å². The third-order valence-corrected chi connectivity index (χ3v) is 7.48. The number of primary amides is 1. The number of hydrogen-bond donors (Lipinski definition) is 4. The Kier molecular flexibility index (Phi) is 7.72. The fourth-order valence-electron chi connectivity index (χ4n) is 5.03. The first-order valence-corrected chi connectivity index (χ1v) is 13.4. The largest absolute Gasteiger partial charge is 0.489 e. The number of nitrogens with one attached hydrogen (secondary N) is 2. The van der Waals surface area contributed by atoms with Gasteiger partial charge >= 0.3 is 6.09 Å². The van der Waals surface area contributed by atoms with Crippen molar-refractivity contribution >= 4 is 28.8 Å². The Morgan fingerprint density at radius 1 is 1.19 bits per heavy atom. The molecule has 11 nitrogen and oxygen atoms in total. The highest BCUT2D eigenvalue weighted by molar-refractivity contribution is 5.99. The van der Waals surface area contributed by atoms with Gasteiger partial charge in [-0.05, 0) is 62.4 Å². The first kappa shape index (κ1) is 29.4. The zero-order chi connectivity index (χ0) is 30.9. The van der Waals surface area contributed by atoms with Crippen molar-refractivity contribution in [2.45, 2.75) is 31.5 Å². The quantitative estimate of drug-likeness (QED) is 0.244. The molecule has 2 atom stereocenters. The topological polar surface area (TPSA) is 166 Å². The number of benzene rings is 2. The van der Waals surface area contributed by atoms with Gasteiger partial charge in [-0.3, -0.25) is 14.6 Å². The molecule has 1 aliphatic rings. The first-order chi connectivity index (χ1) is 20.4. The van der Waals surface area contributed by atoms with Crippen LogP contribution in [0.4, 0.5) is 9.18 Å². The van der Waals surface area contributed by atoms with Gasteiger partial charge in [0.2, 0.25) is 5.91 Å². The number of fused-ring (bicyclic) bond motifs is 2. The van der Waals surface area contributed by atoms with Crippen molar-refractivity contribution in [2.24, 2.45) is 5.73 Å². The number of carbonyl (C=O) groups excluding carboxylic acids is 3. The normalized spacial score (nSPS) is 17.0. The lowest BCUT2D eigenvalue weighted by Gasteiger charge is -2.26. The molecule has 3 heterocycles. The van der Waals surface area contributed by atoms with Crippen molar-refractivity contribution in [1.82, 2.24) is 20.6 Å². The van der Waals surface area contributed by atoms with Crippen molar-refractivity contribution < 1.29 is 33.4 Å². The lowest BCUT2D eigenvalue weighted by atomic mass is 9.82. The Morgan fingerprint density at radius 3 is 2.63 bits per heavy atom. The van der Waals surface area contributed by atoms with Gasteiger partial charge in [-0.2, -0.15) is 0 Å². The smallest absolute Gasteiger partial charge is 0.404 e. The molecule has 12 heteroatoms. The van der Waals surface area contributed by atoms with E-state index >= 15 is 0 Å². The molecular formula is C31H30FN5O6. The number of nitrogens with zero attached hydrogens (tertiary/aromatic N) is 2. The molecule has 0 fully saturated rings. The molecule has 4 aromatic rings. The van der Waals surface area contributed by atoms with Crippen molar-refractivity contribution in [2.75, 3.05) is 20.2 Å². The Bertz CT molecular complexity index is 1740. The third kappa shape index (κ3) is 5.69. The van der Waals surface area contributed by atoms with Crippen LogP contribution in [-0.2, 0) is 27.2 Å². The van der Waals surface area contributed by atoms with Crippen molar-refractivity contribution in [3.63, 3.8) is 0 Å². The number of hydrogen-bond acceptors (Lipinski definition) is 8. The lowest BCUT2D eigenvalue weighted by Crippen LogP contribution is -2.42. The summed E-state index contributed by atoms with van der Waals surface area (Å²) in [7, 11) is 1.52. The zero-order valence-corrected chi connectivity index (χ0v) is 23.7. The van der Waals surface area contributed by atoms with Gasteiger partial charge in [-0.25, -0.2) is 14.2 Å². The molecule has 2 aromatic carbocycles. The number of amides is 3. The van der Waals surface area contributed by atoms with Gasteiger partial charge in [-0.1, -0.05) is 6.07 Å². The number of nitrogens with two attached hydrogens (primary N) is 1. The first-order valence-electron chi connectivity index (χ1n) is 13.4. The van der Waals surface area contributed by atoms with Crippen molar-refractivity contribution in [3.05, 3.63) is 89.0 Å². The number of pyridine rings is 2. The van der Waals surface area contributed by atoms with E-state index in [2.05, 4.69) is 20.6 Å². The summed E-state index contributed by atoms with van der Waals surface area (Å²) in [5.41, 5.74) is 5.12. The molecule has 43 heavy (non-hydrogen) atoms. The second kappa shape index (κ2) is 11.3. The van der Waals surface area contributed by atoms with E-state index in [9.17, 15) is 23.9 Å². The number of rotatable bonds is 8. The molecule has 0 bridgehead atoms. The zero-order valence-electron chi connectivity index (χ0n) is 23.7. The minimum atomic E-state index is -1.71. The van der Waals surface area contributed by atoms with Gasteiger partial charge in [0.05, 0.1) is 17.8 Å². The molecule has 0 spiro atoms. The molecule has 0 saturated carbocycles. The van der Waals surface area contributed by atoms with E-state index in [4.69, 9.17) is 15.2 Å². The highest BCUT2D eigenvalue weighted by Gasteiger charge is 2.45. The van der Waals surface area contributed by atoms with Crippen LogP contribution in [-0.4, -0.2) is 53.2 Å². The van der Waals surface area contributed by atoms with Crippen LogP contribution in [0.25, 0.3) is 22.2 Å². The van der Waals surface area contributed by atoms with E-state index in [1.807, 2.05) is 0 Å². The molecule has 0 saturated heterocycles. The van der Waals surface area contributed by atoms with Crippen LogP contribution in [0.1, 0.15) is 41.0 Å². The van der Waals surface area contributed by atoms with Crippen LogP contribution in [0.2, 0.25) is 0 Å². The molecule has 2 aromatic heterocycles. The predicted molar refractivity (Wildman–Crippen MR) is 155 cm³/mol. The molecule has 0 radical (unpaired) electrons. The van der Waals surface area contributed by atoms with Crippen molar-refractivity contribution in [1.29, 1.82) is 0 Å². The summed E-state index contributed by atoms with van der Waals surface area (Å²) in [5.74, 6) is -0.874. The van der Waals surface area contributed by atoms with Gasteiger partial charge in [0.1, 0.15) is 41.5 Å². The van der Waals surface area contributed by atoms with E-state index in [0.29, 0.717) is 39.0 Å². The summed E-state index contributed by atoms with van der Waals surface area (Å²) in [5, 5.41) is 17.6. The Labute approximate surface area is 246 Å². The third-order valence-electron chi connectivity index (χ3n) is 7.48. The molecular weight excluding hydrogens is 557 g/mol. The molecule has 0 aliphatic carbocycles. The fraction of sp³-hybridized carbons (Fsp3) is 0.258. The number of ether oxygens (including phenoxy) is 2. The molecule has 5 rings (SSSR count). The van der Waals surface area contributed by atoms with Gasteiger partial charge in [0, 0.05) is 40.9 Å². The van der Waals surface area contributed by atoms with E-state index in [0.717, 1.165) is 0 Å². The Hall–Kier alpha value is -5.10. The number of carbonyl (C=O) groups is 3. The predicted octanol–water partition coefficient (Wildman–Crippen LogP) is 3.06. The summed E-state index contributed by atoms with van der Waals surface area (Å²) in [6, 6.07) is 13.9. The number of aromatic nitrogens is 2. The minimum Gasteiger partial charge on any atom is -0.489 e. The van der Waals surface area contributed by atoms with E-state index in [-0.39, 0.29) is 36.9 Å².